The van der Waals surface area contributed by atoms with Gasteiger partial charge in [0.15, 0.2) is 0 Å². The number of fused-ring (bicyclic) bond motifs is 3. The van der Waals surface area contributed by atoms with E-state index in [-0.39, 0.29) is 21.7 Å². The molecule has 14 rings (SSSR count). The minimum Gasteiger partial charge on any atom is -0.379 e. The summed E-state index contributed by atoms with van der Waals surface area (Å²) in [5.41, 5.74) is 23.4. The number of piperazine rings is 1. The van der Waals surface area contributed by atoms with E-state index >= 15 is 0 Å². The molecule has 10 heterocycles. The lowest BCUT2D eigenvalue weighted by Gasteiger charge is -2.28. The number of rotatable bonds is 21. The molecule has 2 aliphatic rings. The van der Waals surface area contributed by atoms with Gasteiger partial charge in [-0.2, -0.15) is 0 Å². The maximum Gasteiger partial charge on any atom is 0.146 e. The largest absolute Gasteiger partial charge is 0.379 e. The van der Waals surface area contributed by atoms with Crippen LogP contribution < -0.4 is 16.0 Å². The number of ether oxygens (including phenoxy) is 1. The van der Waals surface area contributed by atoms with Gasteiger partial charge in [0, 0.05) is 180 Å². The molecule has 6 N–H and O–H groups in total. The van der Waals surface area contributed by atoms with Crippen LogP contribution in [0.3, 0.4) is 0 Å². The molecule has 0 unspecified atom stereocenters. The Hall–Kier alpha value is -8.62. The predicted octanol–water partition coefficient (Wildman–Crippen LogP) is 17.1. The number of morpholine rings is 1. The summed E-state index contributed by atoms with van der Waals surface area (Å²) in [6, 6.07) is 44.4. The molecule has 0 radical (unpaired) electrons. The number of aromatic amines is 3. The predicted molar refractivity (Wildman–Crippen MR) is 442 cm³/mol. The van der Waals surface area contributed by atoms with Crippen LogP contribution in [0.5, 0.6) is 0 Å². The smallest absolute Gasteiger partial charge is 0.146 e. The first kappa shape index (κ1) is 78.5. The van der Waals surface area contributed by atoms with E-state index in [4.69, 9.17) is 24.7 Å². The number of imidazole rings is 4. The topological polar surface area (TPSA) is 175 Å². The SMILES string of the molecule is CNCCCn1c(C(C)(C)C)cc(-c2nc3ccccc3[nH]2)c1C.CNCCCn1c(C(C)(C)C)cc(-c2nccn2-c2ccccc2)c1C.Cc1c(-c2nc3ccccc3[nH]2)cc(C(C)(C)C)n1CCCN1CCNCC1.Cc1c(-c2nc3ccccc3[nH]2)cc(C(C)(C)C)n1CCCN1CCOCC1. The second-order valence-corrected chi connectivity index (χ2v) is 33.2. The van der Waals surface area contributed by atoms with Crippen molar-refractivity contribution >= 4 is 33.1 Å². The Bertz CT molecular complexity index is 4510. The maximum absolute atomic E-state index is 5.47. The summed E-state index contributed by atoms with van der Waals surface area (Å²) in [6.07, 6.45) is 8.49. The van der Waals surface area contributed by atoms with Crippen molar-refractivity contribution in [2.45, 2.75) is 184 Å². The van der Waals surface area contributed by atoms with Crippen molar-refractivity contribution in [3.63, 3.8) is 0 Å². The van der Waals surface area contributed by atoms with Gasteiger partial charge in [0.25, 0.3) is 0 Å². The lowest BCUT2D eigenvalue weighted by Crippen LogP contribution is -2.43. The van der Waals surface area contributed by atoms with Crippen molar-refractivity contribution in [2.24, 2.45) is 0 Å². The van der Waals surface area contributed by atoms with Crippen molar-refractivity contribution in [3.05, 3.63) is 185 Å². The number of nitrogens with one attached hydrogen (secondary N) is 6. The Kier molecular flexibility index (Phi) is 25.5. The van der Waals surface area contributed by atoms with Crippen LogP contribution in [-0.2, 0) is 52.6 Å². The normalized spacial score (nSPS) is 14.2. The van der Waals surface area contributed by atoms with Crippen LogP contribution in [0.4, 0.5) is 0 Å². The number of hydrogen-bond acceptors (Lipinski definition) is 10. The quantitative estimate of drug-likeness (QED) is 0.0380. The molecule has 2 aliphatic heterocycles. The molecule has 106 heavy (non-hydrogen) atoms. The van der Waals surface area contributed by atoms with Gasteiger partial charge in [-0.25, -0.2) is 19.9 Å². The Morgan fingerprint density at radius 3 is 1.11 bits per heavy atom. The second kappa shape index (κ2) is 34.5. The zero-order chi connectivity index (χ0) is 75.5. The first-order chi connectivity index (χ1) is 50.7. The van der Waals surface area contributed by atoms with E-state index in [1.807, 2.05) is 56.8 Å². The molecule has 0 spiro atoms. The van der Waals surface area contributed by atoms with E-state index in [9.17, 15) is 0 Å². The van der Waals surface area contributed by atoms with Crippen molar-refractivity contribution in [1.82, 2.24) is 83.5 Å². The van der Waals surface area contributed by atoms with E-state index < -0.39 is 0 Å². The summed E-state index contributed by atoms with van der Waals surface area (Å²) < 4.78 is 17.6. The van der Waals surface area contributed by atoms with Gasteiger partial charge < -0.3 is 58.8 Å². The summed E-state index contributed by atoms with van der Waals surface area (Å²) in [5, 5.41) is 9.93. The average Bonchev–Trinajstić information content (AvgIpc) is 1.64. The monoisotopic (exact) mass is 1430 g/mol. The van der Waals surface area contributed by atoms with Crippen LogP contribution in [0.1, 0.15) is 154 Å². The van der Waals surface area contributed by atoms with Crippen LogP contribution in [-0.4, -0.2) is 160 Å². The number of hydrogen-bond donors (Lipinski definition) is 6. The third kappa shape index (κ3) is 18.8. The number of nitrogens with zero attached hydrogens (tertiary/aromatic N) is 11. The molecule has 4 aromatic carbocycles. The number of aromatic nitrogens is 12. The highest BCUT2D eigenvalue weighted by molar-refractivity contribution is 5.82. The molecule has 0 saturated carbocycles. The lowest BCUT2D eigenvalue weighted by molar-refractivity contribution is 0.0369. The minimum atomic E-state index is 0.0901. The summed E-state index contributed by atoms with van der Waals surface area (Å²) in [7, 11) is 4.02. The Balaban J connectivity index is 0.000000141. The molecule has 2 saturated heterocycles. The van der Waals surface area contributed by atoms with Gasteiger partial charge in [-0.15, -0.1) is 0 Å². The van der Waals surface area contributed by atoms with Gasteiger partial charge in [-0.1, -0.05) is 138 Å². The summed E-state index contributed by atoms with van der Waals surface area (Å²) in [5.74, 6) is 3.92. The molecule has 566 valence electrons. The molecule has 2 fully saturated rings. The van der Waals surface area contributed by atoms with Crippen LogP contribution >= 0.6 is 0 Å². The molecular formula is C88H123N17O. The van der Waals surface area contributed by atoms with Gasteiger partial charge in [0.1, 0.15) is 23.3 Å². The summed E-state index contributed by atoms with van der Waals surface area (Å²) >= 11 is 0. The van der Waals surface area contributed by atoms with Crippen molar-refractivity contribution in [3.8, 4) is 51.2 Å². The third-order valence-corrected chi connectivity index (χ3v) is 21.0. The zero-order valence-electron chi connectivity index (χ0n) is 67.2. The van der Waals surface area contributed by atoms with Crippen LogP contribution in [0.2, 0.25) is 0 Å². The molecule has 0 atom stereocenters. The first-order valence-corrected chi connectivity index (χ1v) is 39.0. The van der Waals surface area contributed by atoms with E-state index in [1.165, 1.54) is 93.9 Å². The van der Waals surface area contributed by atoms with E-state index in [2.05, 4.69) is 271 Å². The minimum absolute atomic E-state index is 0.0901. The van der Waals surface area contributed by atoms with E-state index in [1.54, 1.807) is 0 Å². The average molecular weight is 1440 g/mol. The molecule has 8 aromatic heterocycles. The maximum atomic E-state index is 5.47. The molecule has 0 amide bonds. The number of benzene rings is 4. The van der Waals surface area contributed by atoms with Gasteiger partial charge in [0.2, 0.25) is 0 Å². The molecule has 12 aromatic rings. The fourth-order valence-corrected chi connectivity index (χ4v) is 15.2. The fraction of sp³-hybridized carbons (Fsp3) is 0.477. The molecular weight excluding hydrogens is 1310 g/mol. The third-order valence-electron chi connectivity index (χ3n) is 21.0. The Labute approximate surface area is 631 Å². The van der Waals surface area contributed by atoms with Crippen molar-refractivity contribution < 1.29 is 4.74 Å². The standard InChI is InChI=1S/C23H33N5.C23H32N4O.C22H30N4.C20H28N4/c1-17-18(22-25-19-8-5-6-9-20(19)26-22)16-21(23(2,3)4)28(17)13-7-12-27-14-10-24-11-15-27;1-17-18(22-24-19-8-5-6-9-20(19)25-22)16-21(23(2,3)4)27(17)11-7-10-26-12-14-28-15-13-26;1-17-19(16-20(22(2,3)4)25(17)14-9-12-23-5)21-24-13-15-26(21)18-10-7-6-8-11-18;1-14-15(19-22-16-9-6-7-10-17(16)23-19)13-18(20(2,3)4)24(14)12-8-11-21-5/h5-6,8-9,16,24H,7,10-15H2,1-4H3,(H,25,26);5-6,8-9,16H,7,10-15H2,1-4H3,(H,24,25);6-8,10-11,13,15-16,23H,9,12,14H2,1-5H3;6-7,9-10,13,21H,8,11-12H2,1-5H3,(H,22,23). The Morgan fingerprint density at radius 2 is 0.745 bits per heavy atom. The first-order valence-electron chi connectivity index (χ1n) is 39.0. The number of para-hydroxylation sites is 7. The summed E-state index contributed by atoms with van der Waals surface area (Å²) in [4.78, 5) is 34.8. The van der Waals surface area contributed by atoms with Crippen LogP contribution in [0.15, 0.2) is 140 Å². The van der Waals surface area contributed by atoms with Gasteiger partial charge in [-0.05, 0) is 160 Å². The highest BCUT2D eigenvalue weighted by atomic mass is 16.5. The van der Waals surface area contributed by atoms with Gasteiger partial charge in [-0.3, -0.25) is 9.47 Å². The zero-order valence-corrected chi connectivity index (χ0v) is 67.2. The van der Waals surface area contributed by atoms with Gasteiger partial charge >= 0.3 is 0 Å². The highest BCUT2D eigenvalue weighted by Gasteiger charge is 2.29. The highest BCUT2D eigenvalue weighted by Crippen LogP contribution is 2.38. The Morgan fingerprint density at radius 1 is 0.406 bits per heavy atom. The fourth-order valence-electron chi connectivity index (χ4n) is 15.2. The lowest BCUT2D eigenvalue weighted by atomic mass is 9.91. The van der Waals surface area contributed by atoms with E-state index in [0.717, 1.165) is 167 Å². The summed E-state index contributed by atoms with van der Waals surface area (Å²) in [6.45, 7) is 53.3. The second-order valence-electron chi connectivity index (χ2n) is 33.2. The van der Waals surface area contributed by atoms with Crippen LogP contribution in [0.25, 0.3) is 84.3 Å². The van der Waals surface area contributed by atoms with Gasteiger partial charge in [0.05, 0.1) is 46.3 Å². The van der Waals surface area contributed by atoms with Crippen molar-refractivity contribution in [1.29, 1.82) is 0 Å². The van der Waals surface area contributed by atoms with E-state index in [0.29, 0.717) is 0 Å². The molecule has 18 nitrogen and oxygen atoms in total. The molecule has 18 heteroatoms. The van der Waals surface area contributed by atoms with Crippen molar-refractivity contribution in [2.75, 3.05) is 92.8 Å². The number of H-pyrrole nitrogens is 3. The molecule has 0 bridgehead atoms. The molecule has 0 aliphatic carbocycles. The van der Waals surface area contributed by atoms with Crippen LogP contribution in [0, 0.1) is 27.7 Å².